The van der Waals surface area contributed by atoms with Gasteiger partial charge >= 0.3 is 0 Å². The second kappa shape index (κ2) is 3.73. The largest absolute Gasteiger partial charge is 0.469 e. The molecule has 1 atom stereocenters. The molecule has 19 heavy (non-hydrogen) atoms. The van der Waals surface area contributed by atoms with Gasteiger partial charge in [-0.1, -0.05) is 45.9 Å². The Kier molecular flexibility index (Phi) is 2.82. The Balaban J connectivity index is 2.80. The molecular formula is C14H21NO3S. The Labute approximate surface area is 115 Å². The normalized spacial score (nSPS) is 28.3. The third kappa shape index (κ3) is 1.64. The number of para-hydroxylation sites is 1. The fourth-order valence-electron chi connectivity index (χ4n) is 2.73. The number of nitrogens with two attached hydrogens (primary N) is 1. The molecule has 0 amide bonds. The maximum atomic E-state index is 12.1. The monoisotopic (exact) mass is 283 g/mol. The lowest BCUT2D eigenvalue weighted by Gasteiger charge is -2.55. The predicted molar refractivity (Wildman–Crippen MR) is 75.4 cm³/mol. The van der Waals surface area contributed by atoms with Gasteiger partial charge < -0.3 is 4.74 Å². The van der Waals surface area contributed by atoms with Crippen LogP contribution in [-0.2, 0) is 15.4 Å². The van der Waals surface area contributed by atoms with E-state index in [1.807, 2.05) is 45.9 Å². The lowest BCUT2D eigenvalue weighted by Crippen LogP contribution is -2.64. The van der Waals surface area contributed by atoms with Gasteiger partial charge in [-0.05, 0) is 13.0 Å². The lowest BCUT2D eigenvalue weighted by molar-refractivity contribution is -0.0279. The number of hydrogen-bond acceptors (Lipinski definition) is 3. The van der Waals surface area contributed by atoms with Crippen LogP contribution in [0.25, 0.3) is 0 Å². The van der Waals surface area contributed by atoms with E-state index in [4.69, 9.17) is 9.88 Å². The summed E-state index contributed by atoms with van der Waals surface area (Å²) in [5.74, 6) is 0.586. The van der Waals surface area contributed by atoms with Crippen molar-refractivity contribution < 1.29 is 13.2 Å². The van der Waals surface area contributed by atoms with Crippen LogP contribution in [0.4, 0.5) is 0 Å². The SMILES string of the molecule is CC1(C)c2ccccc2OC(C)(S(N)(=O)=O)C1(C)C. The van der Waals surface area contributed by atoms with E-state index in [2.05, 4.69) is 0 Å². The fraction of sp³-hybridized carbons (Fsp3) is 0.571. The van der Waals surface area contributed by atoms with Gasteiger partial charge in [0.15, 0.2) is 0 Å². The summed E-state index contributed by atoms with van der Waals surface area (Å²) in [6, 6.07) is 7.52. The molecule has 1 aromatic rings. The number of ether oxygens (including phenoxy) is 1. The van der Waals surface area contributed by atoms with Crippen LogP contribution in [0.15, 0.2) is 24.3 Å². The molecule has 4 nitrogen and oxygen atoms in total. The van der Waals surface area contributed by atoms with Gasteiger partial charge in [-0.2, -0.15) is 0 Å². The second-order valence-corrected chi connectivity index (χ2v) is 8.21. The van der Waals surface area contributed by atoms with Gasteiger partial charge in [-0.25, -0.2) is 13.6 Å². The fourth-order valence-corrected chi connectivity index (χ4v) is 3.90. The number of sulfonamides is 1. The van der Waals surface area contributed by atoms with E-state index in [9.17, 15) is 8.42 Å². The molecule has 0 saturated heterocycles. The first kappa shape index (κ1) is 14.3. The van der Waals surface area contributed by atoms with Gasteiger partial charge in [0.25, 0.3) is 10.0 Å². The summed E-state index contributed by atoms with van der Waals surface area (Å²) in [4.78, 5) is -1.46. The van der Waals surface area contributed by atoms with Crippen LogP contribution in [0, 0.1) is 5.41 Å². The average molecular weight is 283 g/mol. The summed E-state index contributed by atoms with van der Waals surface area (Å²) in [6.45, 7) is 9.37. The Bertz CT molecular complexity index is 619. The van der Waals surface area contributed by atoms with Crippen molar-refractivity contribution in [2.24, 2.45) is 10.6 Å². The minimum atomic E-state index is -3.87. The highest BCUT2D eigenvalue weighted by Gasteiger charge is 2.62. The lowest BCUT2D eigenvalue weighted by atomic mass is 9.60. The van der Waals surface area contributed by atoms with Crippen molar-refractivity contribution in [1.29, 1.82) is 0 Å². The number of primary sulfonamides is 1. The average Bonchev–Trinajstić information content (AvgIpc) is 2.26. The van der Waals surface area contributed by atoms with Crippen LogP contribution < -0.4 is 9.88 Å². The van der Waals surface area contributed by atoms with Crippen LogP contribution in [0.2, 0.25) is 0 Å². The van der Waals surface area contributed by atoms with Crippen LogP contribution >= 0.6 is 0 Å². The topological polar surface area (TPSA) is 69.4 Å². The van der Waals surface area contributed by atoms with Gasteiger partial charge in [0.1, 0.15) is 5.75 Å². The van der Waals surface area contributed by atoms with Gasteiger partial charge in [-0.3, -0.25) is 0 Å². The summed E-state index contributed by atoms with van der Waals surface area (Å²) in [6.07, 6.45) is 0. The molecule has 0 aliphatic carbocycles. The standard InChI is InChI=1S/C14H21NO3S/c1-12(2)10-8-6-7-9-11(10)18-14(5,13(12,3)4)19(15,16)17/h6-9H,1-5H3,(H2,15,16,17). The summed E-state index contributed by atoms with van der Waals surface area (Å²) in [5.41, 5.74) is -0.0635. The summed E-state index contributed by atoms with van der Waals surface area (Å²) in [7, 11) is -3.87. The summed E-state index contributed by atoms with van der Waals surface area (Å²) < 4.78 is 30.0. The van der Waals surface area contributed by atoms with Crippen molar-refractivity contribution >= 4 is 10.0 Å². The first-order valence-electron chi connectivity index (χ1n) is 6.26. The molecule has 1 aliphatic rings. The maximum Gasteiger partial charge on any atom is 0.250 e. The minimum Gasteiger partial charge on any atom is -0.469 e. The van der Waals surface area contributed by atoms with Gasteiger partial charge in [0.2, 0.25) is 4.93 Å². The molecule has 2 N–H and O–H groups in total. The molecule has 1 unspecified atom stereocenters. The number of benzene rings is 1. The smallest absolute Gasteiger partial charge is 0.250 e. The van der Waals surface area contributed by atoms with Crippen molar-refractivity contribution in [2.45, 2.75) is 45.0 Å². The molecule has 1 heterocycles. The molecule has 5 heteroatoms. The van der Waals surface area contributed by atoms with E-state index in [1.54, 1.807) is 13.0 Å². The third-order valence-corrected chi connectivity index (χ3v) is 6.79. The zero-order valence-corrected chi connectivity index (χ0v) is 12.8. The third-order valence-electron chi connectivity index (χ3n) is 5.11. The minimum absolute atomic E-state index is 0.386. The first-order chi connectivity index (χ1) is 8.45. The molecule has 0 fully saturated rings. The second-order valence-electron chi connectivity index (χ2n) is 6.34. The zero-order chi connectivity index (χ0) is 14.7. The number of hydrogen-bond donors (Lipinski definition) is 1. The molecule has 0 spiro atoms. The Morgan fingerprint density at radius 2 is 1.58 bits per heavy atom. The molecule has 2 rings (SSSR count). The van der Waals surface area contributed by atoms with Gasteiger partial charge in [0.05, 0.1) is 0 Å². The molecule has 0 aromatic heterocycles. The van der Waals surface area contributed by atoms with Crippen LogP contribution in [0.1, 0.15) is 40.2 Å². The Morgan fingerprint density at radius 1 is 1.05 bits per heavy atom. The Hall–Kier alpha value is -1.07. The van der Waals surface area contributed by atoms with Crippen LogP contribution in [-0.4, -0.2) is 13.4 Å². The molecule has 0 bridgehead atoms. The first-order valence-corrected chi connectivity index (χ1v) is 7.81. The zero-order valence-electron chi connectivity index (χ0n) is 12.0. The van der Waals surface area contributed by atoms with Crippen LogP contribution in [0.3, 0.4) is 0 Å². The van der Waals surface area contributed by atoms with Crippen molar-refractivity contribution in [2.75, 3.05) is 0 Å². The summed E-state index contributed by atoms with van der Waals surface area (Å²) in [5, 5.41) is 5.45. The molecule has 0 radical (unpaired) electrons. The molecule has 106 valence electrons. The highest BCUT2D eigenvalue weighted by atomic mass is 32.2. The molecule has 1 aliphatic heterocycles. The van der Waals surface area contributed by atoms with E-state index in [0.717, 1.165) is 5.56 Å². The van der Waals surface area contributed by atoms with Crippen molar-refractivity contribution in [3.63, 3.8) is 0 Å². The van der Waals surface area contributed by atoms with Crippen molar-refractivity contribution in [3.8, 4) is 5.75 Å². The van der Waals surface area contributed by atoms with Gasteiger partial charge in [0, 0.05) is 16.4 Å². The van der Waals surface area contributed by atoms with E-state index in [1.165, 1.54) is 0 Å². The maximum absolute atomic E-state index is 12.1. The van der Waals surface area contributed by atoms with Crippen molar-refractivity contribution in [1.82, 2.24) is 0 Å². The van der Waals surface area contributed by atoms with Crippen LogP contribution in [0.5, 0.6) is 5.75 Å². The number of rotatable bonds is 1. The quantitative estimate of drug-likeness (QED) is 0.860. The van der Waals surface area contributed by atoms with Gasteiger partial charge in [-0.15, -0.1) is 0 Å². The summed E-state index contributed by atoms with van der Waals surface area (Å²) >= 11 is 0. The molecule has 1 aromatic carbocycles. The number of fused-ring (bicyclic) bond motifs is 1. The highest BCUT2D eigenvalue weighted by molar-refractivity contribution is 7.90. The highest BCUT2D eigenvalue weighted by Crippen LogP contribution is 2.57. The predicted octanol–water partition coefficient (Wildman–Crippen LogP) is 2.39. The van der Waals surface area contributed by atoms with E-state index < -0.39 is 20.4 Å². The molecule has 0 saturated carbocycles. The van der Waals surface area contributed by atoms with Crippen molar-refractivity contribution in [3.05, 3.63) is 29.8 Å². The van der Waals surface area contributed by atoms with E-state index in [0.29, 0.717) is 5.75 Å². The molecular weight excluding hydrogens is 262 g/mol. The van der Waals surface area contributed by atoms with E-state index >= 15 is 0 Å². The van der Waals surface area contributed by atoms with E-state index in [-0.39, 0.29) is 5.41 Å². The Morgan fingerprint density at radius 3 is 2.11 bits per heavy atom.